The fourth-order valence-electron chi connectivity index (χ4n) is 1.99. The Hall–Kier alpha value is -2.02. The van der Waals surface area contributed by atoms with Gasteiger partial charge in [-0.15, -0.1) is 0 Å². The normalized spacial score (nSPS) is 18.6. The van der Waals surface area contributed by atoms with Gasteiger partial charge in [0.05, 0.1) is 11.3 Å². The van der Waals surface area contributed by atoms with E-state index in [0.717, 1.165) is 12.8 Å². The van der Waals surface area contributed by atoms with Crippen molar-refractivity contribution in [3.05, 3.63) is 29.3 Å². The molecule has 0 aromatic heterocycles. The first kappa shape index (κ1) is 14.4. The molecule has 20 heavy (non-hydrogen) atoms. The number of amides is 1. The summed E-state index contributed by atoms with van der Waals surface area (Å²) in [5.74, 6) is -4.52. The molecule has 7 heteroatoms. The van der Waals surface area contributed by atoms with E-state index in [-0.39, 0.29) is 5.69 Å². The van der Waals surface area contributed by atoms with Crippen molar-refractivity contribution in [3.63, 3.8) is 0 Å². The summed E-state index contributed by atoms with van der Waals surface area (Å²) in [6, 6.07) is 1.19. The van der Waals surface area contributed by atoms with Crippen LogP contribution in [0.5, 0.6) is 0 Å². The molecule has 1 aromatic rings. The number of anilines is 1. The first-order chi connectivity index (χ1) is 9.49. The summed E-state index contributed by atoms with van der Waals surface area (Å²) in [6.45, 7) is 0.446. The number of benzene rings is 1. The van der Waals surface area contributed by atoms with Crippen molar-refractivity contribution in [1.29, 1.82) is 0 Å². The number of nitrogens with one attached hydrogen (secondary N) is 1. The van der Waals surface area contributed by atoms with Gasteiger partial charge in [0.2, 0.25) is 0 Å². The predicted octanol–water partition coefficient (Wildman–Crippen LogP) is 2.17. The number of aromatic carboxylic acids is 1. The molecule has 1 unspecified atom stereocenters. The molecule has 2 N–H and O–H groups in total. The quantitative estimate of drug-likeness (QED) is 0.892. The van der Waals surface area contributed by atoms with Crippen LogP contribution in [0.4, 0.5) is 14.5 Å². The van der Waals surface area contributed by atoms with E-state index in [1.807, 2.05) is 0 Å². The zero-order valence-electron chi connectivity index (χ0n) is 10.5. The number of hydrogen-bond donors (Lipinski definition) is 2. The zero-order chi connectivity index (χ0) is 14.7. The van der Waals surface area contributed by atoms with E-state index in [1.165, 1.54) is 0 Å². The number of carbonyl (C=O) groups is 2. The Kier molecular flexibility index (Phi) is 4.29. The molecule has 0 radical (unpaired) electrons. The van der Waals surface area contributed by atoms with Crippen molar-refractivity contribution in [2.45, 2.75) is 25.4 Å². The third-order valence-corrected chi connectivity index (χ3v) is 3.02. The van der Waals surface area contributed by atoms with E-state index in [2.05, 4.69) is 5.32 Å². The van der Waals surface area contributed by atoms with Gasteiger partial charge in [-0.2, -0.15) is 0 Å². The number of carboxylic acids is 1. The summed E-state index contributed by atoms with van der Waals surface area (Å²) < 4.78 is 31.4. The molecule has 1 aliphatic rings. The highest BCUT2D eigenvalue weighted by Crippen LogP contribution is 2.22. The Labute approximate surface area is 113 Å². The van der Waals surface area contributed by atoms with Crippen LogP contribution in [0.1, 0.15) is 29.6 Å². The first-order valence-electron chi connectivity index (χ1n) is 6.14. The fourth-order valence-corrected chi connectivity index (χ4v) is 1.99. The van der Waals surface area contributed by atoms with Gasteiger partial charge in [0.15, 0.2) is 11.6 Å². The van der Waals surface area contributed by atoms with Gasteiger partial charge in [0, 0.05) is 12.7 Å². The lowest BCUT2D eigenvalue weighted by molar-refractivity contribution is -0.129. The van der Waals surface area contributed by atoms with Crippen LogP contribution in [-0.2, 0) is 9.53 Å². The van der Waals surface area contributed by atoms with Crippen molar-refractivity contribution in [1.82, 2.24) is 0 Å². The summed E-state index contributed by atoms with van der Waals surface area (Å²) in [6.07, 6.45) is 1.49. The van der Waals surface area contributed by atoms with Gasteiger partial charge < -0.3 is 15.2 Å². The van der Waals surface area contributed by atoms with Crippen LogP contribution >= 0.6 is 0 Å². The van der Waals surface area contributed by atoms with E-state index in [1.54, 1.807) is 0 Å². The molecule has 0 spiro atoms. The second-order valence-electron chi connectivity index (χ2n) is 4.46. The maximum Gasteiger partial charge on any atom is 0.337 e. The summed E-state index contributed by atoms with van der Waals surface area (Å²) in [7, 11) is 0. The lowest BCUT2D eigenvalue weighted by Crippen LogP contribution is -2.33. The van der Waals surface area contributed by atoms with E-state index >= 15 is 0 Å². The number of rotatable bonds is 3. The number of ether oxygens (including phenoxy) is 1. The highest BCUT2D eigenvalue weighted by Gasteiger charge is 2.24. The lowest BCUT2D eigenvalue weighted by atomic mass is 10.1. The predicted molar refractivity (Wildman–Crippen MR) is 65.5 cm³/mol. The molecule has 5 nitrogen and oxygen atoms in total. The summed E-state index contributed by atoms with van der Waals surface area (Å²) in [4.78, 5) is 22.9. The largest absolute Gasteiger partial charge is 0.478 e. The van der Waals surface area contributed by atoms with Gasteiger partial charge in [-0.1, -0.05) is 0 Å². The van der Waals surface area contributed by atoms with Crippen LogP contribution in [0.15, 0.2) is 12.1 Å². The third-order valence-electron chi connectivity index (χ3n) is 3.02. The van der Waals surface area contributed by atoms with Crippen LogP contribution in [-0.4, -0.2) is 29.7 Å². The molecule has 1 aliphatic heterocycles. The molecule has 1 atom stereocenters. The summed E-state index contributed by atoms with van der Waals surface area (Å²) in [5, 5.41) is 11.2. The van der Waals surface area contributed by atoms with Gasteiger partial charge in [-0.05, 0) is 25.3 Å². The Morgan fingerprint density at radius 3 is 2.55 bits per heavy atom. The molecular formula is C13H13F2NO4. The summed E-state index contributed by atoms with van der Waals surface area (Å²) >= 11 is 0. The highest BCUT2D eigenvalue weighted by atomic mass is 19.2. The molecule has 0 bridgehead atoms. The fraction of sp³-hybridized carbons (Fsp3) is 0.385. The van der Waals surface area contributed by atoms with Crippen LogP contribution < -0.4 is 5.32 Å². The van der Waals surface area contributed by atoms with Gasteiger partial charge in [-0.3, -0.25) is 4.79 Å². The second-order valence-corrected chi connectivity index (χ2v) is 4.46. The number of carbonyl (C=O) groups excluding carboxylic acids is 1. The molecule has 1 saturated heterocycles. The van der Waals surface area contributed by atoms with Crippen molar-refractivity contribution in [2.75, 3.05) is 11.9 Å². The molecule has 1 heterocycles. The number of hydrogen-bond acceptors (Lipinski definition) is 3. The van der Waals surface area contributed by atoms with Crippen LogP contribution in [0.25, 0.3) is 0 Å². The number of halogens is 2. The maximum atomic E-state index is 13.2. The van der Waals surface area contributed by atoms with E-state index < -0.39 is 35.2 Å². The van der Waals surface area contributed by atoms with Gasteiger partial charge in [0.1, 0.15) is 6.10 Å². The first-order valence-corrected chi connectivity index (χ1v) is 6.14. The topological polar surface area (TPSA) is 75.6 Å². The molecule has 1 fully saturated rings. The SMILES string of the molecule is O=C(O)c1cc(F)c(F)cc1NC(=O)C1CCCCO1. The minimum atomic E-state index is -1.45. The standard InChI is InChI=1S/C13H13F2NO4/c14-8-5-7(13(18)19)10(6-9(8)15)16-12(17)11-3-1-2-4-20-11/h5-6,11H,1-4H2,(H,16,17)(H,18,19). The van der Waals surface area contributed by atoms with Crippen LogP contribution in [0, 0.1) is 11.6 Å². The Balaban J connectivity index is 2.21. The van der Waals surface area contributed by atoms with Gasteiger partial charge in [-0.25, -0.2) is 13.6 Å². The minimum Gasteiger partial charge on any atom is -0.478 e. The molecule has 108 valence electrons. The van der Waals surface area contributed by atoms with E-state index in [0.29, 0.717) is 25.2 Å². The van der Waals surface area contributed by atoms with Crippen molar-refractivity contribution < 1.29 is 28.2 Å². The molecule has 1 aromatic carbocycles. The van der Waals surface area contributed by atoms with E-state index in [9.17, 15) is 18.4 Å². The van der Waals surface area contributed by atoms with Crippen molar-refractivity contribution in [2.24, 2.45) is 0 Å². The average Bonchev–Trinajstić information content (AvgIpc) is 2.43. The molecule has 1 amide bonds. The number of carboxylic acid groups (broad SMARTS) is 1. The zero-order valence-corrected chi connectivity index (χ0v) is 10.5. The maximum absolute atomic E-state index is 13.2. The monoisotopic (exact) mass is 285 g/mol. The molecule has 0 aliphatic carbocycles. The summed E-state index contributed by atoms with van der Waals surface area (Å²) in [5.41, 5.74) is -0.788. The average molecular weight is 285 g/mol. The molecular weight excluding hydrogens is 272 g/mol. The minimum absolute atomic E-state index is 0.282. The van der Waals surface area contributed by atoms with E-state index in [4.69, 9.17) is 9.84 Å². The smallest absolute Gasteiger partial charge is 0.337 e. The van der Waals surface area contributed by atoms with Gasteiger partial charge >= 0.3 is 5.97 Å². The second kappa shape index (κ2) is 5.96. The Bertz CT molecular complexity index is 541. The molecule has 0 saturated carbocycles. The van der Waals surface area contributed by atoms with Crippen LogP contribution in [0.2, 0.25) is 0 Å². The van der Waals surface area contributed by atoms with Crippen molar-refractivity contribution >= 4 is 17.6 Å². The third kappa shape index (κ3) is 3.11. The van der Waals surface area contributed by atoms with Crippen LogP contribution in [0.3, 0.4) is 0 Å². The Morgan fingerprint density at radius 1 is 1.25 bits per heavy atom. The molecule has 2 rings (SSSR count). The van der Waals surface area contributed by atoms with Gasteiger partial charge in [0.25, 0.3) is 5.91 Å². The highest BCUT2D eigenvalue weighted by molar-refractivity contribution is 6.01. The lowest BCUT2D eigenvalue weighted by Gasteiger charge is -2.22. The van der Waals surface area contributed by atoms with Crippen molar-refractivity contribution in [3.8, 4) is 0 Å². The Morgan fingerprint density at radius 2 is 1.95 bits per heavy atom.